The summed E-state index contributed by atoms with van der Waals surface area (Å²) in [4.78, 5) is 41.8. The van der Waals surface area contributed by atoms with Gasteiger partial charge >= 0.3 is 0 Å². The molecule has 0 radical (unpaired) electrons. The van der Waals surface area contributed by atoms with Crippen molar-refractivity contribution in [1.29, 1.82) is 5.26 Å². The van der Waals surface area contributed by atoms with Crippen LogP contribution in [0.5, 0.6) is 11.5 Å². The number of nitriles is 1. The second-order valence-corrected chi connectivity index (χ2v) is 8.62. The van der Waals surface area contributed by atoms with Crippen LogP contribution in [0.1, 0.15) is 43.0 Å². The monoisotopic (exact) mass is 535 g/mol. The summed E-state index contributed by atoms with van der Waals surface area (Å²) >= 11 is 0. The molecule has 1 aliphatic carbocycles. The van der Waals surface area contributed by atoms with Crippen molar-refractivity contribution in [2.75, 3.05) is 11.1 Å². The molecular weight excluding hydrogens is 518 g/mol. The number of nitrogens with one attached hydrogen (secondary N) is 1. The predicted octanol–water partition coefficient (Wildman–Crippen LogP) is 5.10. The number of hydrogen-bond acceptors (Lipinski definition) is 12. The molecule has 0 fully saturated rings. The molecule has 0 aliphatic heterocycles. The van der Waals surface area contributed by atoms with Crippen LogP contribution in [0.2, 0.25) is 0 Å². The first-order valence-corrected chi connectivity index (χ1v) is 11.5. The number of nitrogens with two attached hydrogens (primary N) is 1. The number of nitrogens with zero attached hydrogens (tertiary/aromatic N) is 5. The van der Waals surface area contributed by atoms with Gasteiger partial charge in [-0.15, -0.1) is 10.2 Å². The van der Waals surface area contributed by atoms with Gasteiger partial charge in [-0.1, -0.05) is 18.2 Å². The fourth-order valence-electron chi connectivity index (χ4n) is 4.40. The standard InChI is InChI=1S/C27H17N7O6/c1-12-14(11-28)27(30-13-5-3-2-4-6-13)31-26(29)23(12)33-32-15-7-8-16(34(39)40)20-19(15)24(37)21-17(35)9-10-18(36)22(21)25(20)38/h2-10,35-36H,1H3,(H3,29,30,31)/b33-32+. The summed E-state index contributed by atoms with van der Waals surface area (Å²) in [6.07, 6.45) is 0. The SMILES string of the molecule is Cc1c(C#N)c(Nc2ccccc2)nc(N)c1/N=N/c1ccc([N+](=O)[O-])c2c1C(=O)c1c(O)ccc(O)c1C2=O. The Morgan fingerprint density at radius 3 is 2.17 bits per heavy atom. The molecule has 13 heteroatoms. The number of azo groups is 1. The second kappa shape index (κ2) is 9.62. The number of phenolic OH excluding ortho intramolecular Hbond substituents is 2. The van der Waals surface area contributed by atoms with Crippen molar-refractivity contribution in [2.24, 2.45) is 10.2 Å². The zero-order valence-corrected chi connectivity index (χ0v) is 20.5. The average molecular weight is 535 g/mol. The van der Waals surface area contributed by atoms with E-state index in [0.29, 0.717) is 11.3 Å². The van der Waals surface area contributed by atoms with Gasteiger partial charge in [0, 0.05) is 17.3 Å². The zero-order chi connectivity index (χ0) is 28.7. The summed E-state index contributed by atoms with van der Waals surface area (Å²) in [5, 5.41) is 53.2. The van der Waals surface area contributed by atoms with Crippen LogP contribution in [0, 0.1) is 28.4 Å². The molecule has 0 saturated heterocycles. The number of aromatic nitrogens is 1. The van der Waals surface area contributed by atoms with E-state index in [0.717, 1.165) is 24.3 Å². The number of phenols is 2. The number of benzene rings is 3. The normalized spacial score (nSPS) is 12.1. The number of anilines is 3. The third-order valence-electron chi connectivity index (χ3n) is 6.28. The second-order valence-electron chi connectivity index (χ2n) is 8.62. The number of ketones is 2. The molecule has 1 aliphatic rings. The number of carbonyl (C=O) groups is 2. The maximum atomic E-state index is 13.5. The van der Waals surface area contributed by atoms with Crippen LogP contribution in [-0.4, -0.2) is 31.7 Å². The molecular formula is C27H17N7O6. The van der Waals surface area contributed by atoms with Gasteiger partial charge in [-0.2, -0.15) is 5.26 Å². The molecule has 13 nitrogen and oxygen atoms in total. The molecule has 4 aromatic rings. The van der Waals surface area contributed by atoms with Crippen molar-refractivity contribution in [3.05, 3.63) is 98.1 Å². The third-order valence-corrected chi connectivity index (χ3v) is 6.28. The molecule has 1 aromatic heterocycles. The zero-order valence-electron chi connectivity index (χ0n) is 20.5. The lowest BCUT2D eigenvalue weighted by atomic mass is 9.81. The van der Waals surface area contributed by atoms with E-state index < -0.39 is 55.9 Å². The van der Waals surface area contributed by atoms with E-state index in [1.54, 1.807) is 31.2 Å². The average Bonchev–Trinajstić information content (AvgIpc) is 2.93. The third kappa shape index (κ3) is 4.02. The number of hydrogen-bond donors (Lipinski definition) is 4. The van der Waals surface area contributed by atoms with E-state index in [9.17, 15) is 35.2 Å². The van der Waals surface area contributed by atoms with Crippen molar-refractivity contribution >= 4 is 46.0 Å². The van der Waals surface area contributed by atoms with Crippen molar-refractivity contribution in [1.82, 2.24) is 4.98 Å². The van der Waals surface area contributed by atoms with Gasteiger partial charge in [-0.05, 0) is 37.3 Å². The summed E-state index contributed by atoms with van der Waals surface area (Å²) in [6.45, 7) is 1.57. The van der Waals surface area contributed by atoms with E-state index in [2.05, 4.69) is 20.5 Å². The Morgan fingerprint density at radius 2 is 1.57 bits per heavy atom. The smallest absolute Gasteiger partial charge is 0.281 e. The molecule has 0 amide bonds. The molecule has 5 N–H and O–H groups in total. The molecule has 196 valence electrons. The molecule has 3 aromatic carbocycles. The highest BCUT2D eigenvalue weighted by molar-refractivity contribution is 6.33. The van der Waals surface area contributed by atoms with Crippen LogP contribution >= 0.6 is 0 Å². The first kappa shape index (κ1) is 25.5. The number of pyridine rings is 1. The fourth-order valence-corrected chi connectivity index (χ4v) is 4.40. The van der Waals surface area contributed by atoms with Crippen LogP contribution < -0.4 is 11.1 Å². The maximum absolute atomic E-state index is 13.5. The van der Waals surface area contributed by atoms with E-state index in [1.165, 1.54) is 0 Å². The minimum absolute atomic E-state index is 0.00209. The van der Waals surface area contributed by atoms with Crippen LogP contribution in [0.15, 0.2) is 64.8 Å². The molecule has 0 saturated carbocycles. The first-order valence-electron chi connectivity index (χ1n) is 11.5. The van der Waals surface area contributed by atoms with Crippen molar-refractivity contribution in [2.45, 2.75) is 6.92 Å². The fraction of sp³-hybridized carbons (Fsp3) is 0.0370. The molecule has 40 heavy (non-hydrogen) atoms. The van der Waals surface area contributed by atoms with Crippen molar-refractivity contribution in [3.63, 3.8) is 0 Å². The number of rotatable bonds is 5. The minimum atomic E-state index is -1.04. The van der Waals surface area contributed by atoms with Crippen LogP contribution in [0.3, 0.4) is 0 Å². The Balaban J connectivity index is 1.65. The minimum Gasteiger partial charge on any atom is -0.507 e. The van der Waals surface area contributed by atoms with E-state index in [4.69, 9.17) is 5.73 Å². The maximum Gasteiger partial charge on any atom is 0.281 e. The Bertz CT molecular complexity index is 1850. The Morgan fingerprint density at radius 1 is 0.950 bits per heavy atom. The predicted molar refractivity (Wildman–Crippen MR) is 142 cm³/mol. The lowest BCUT2D eigenvalue weighted by Crippen LogP contribution is -2.22. The largest absolute Gasteiger partial charge is 0.507 e. The summed E-state index contributed by atoms with van der Waals surface area (Å²) < 4.78 is 0. The van der Waals surface area contributed by atoms with Crippen LogP contribution in [0.4, 0.5) is 34.4 Å². The van der Waals surface area contributed by atoms with Gasteiger partial charge in [0.15, 0.2) is 11.6 Å². The van der Waals surface area contributed by atoms with Gasteiger partial charge in [0.2, 0.25) is 11.6 Å². The molecule has 0 spiro atoms. The number of carbonyl (C=O) groups excluding carboxylic acids is 2. The highest BCUT2D eigenvalue weighted by atomic mass is 16.6. The summed E-state index contributed by atoms with van der Waals surface area (Å²) in [5.41, 5.74) is 4.12. The Hall–Kier alpha value is -6.16. The van der Waals surface area contributed by atoms with E-state index in [-0.39, 0.29) is 28.6 Å². The number of fused-ring (bicyclic) bond motifs is 2. The summed E-state index contributed by atoms with van der Waals surface area (Å²) in [6, 6.07) is 15.1. The Labute approximate surface area is 225 Å². The van der Waals surface area contributed by atoms with Gasteiger partial charge in [-0.25, -0.2) is 4.98 Å². The first-order chi connectivity index (χ1) is 19.1. The lowest BCUT2D eigenvalue weighted by Gasteiger charge is -2.20. The van der Waals surface area contributed by atoms with Gasteiger partial charge in [0.1, 0.15) is 28.8 Å². The van der Waals surface area contributed by atoms with Gasteiger partial charge in [0.25, 0.3) is 5.69 Å². The van der Waals surface area contributed by atoms with Gasteiger partial charge < -0.3 is 21.3 Å². The van der Waals surface area contributed by atoms with Gasteiger partial charge in [-0.3, -0.25) is 19.7 Å². The van der Waals surface area contributed by atoms with E-state index in [1.807, 2.05) is 12.1 Å². The number of nitro groups is 1. The molecule has 0 unspecified atom stereocenters. The number of para-hydroxylation sites is 1. The summed E-state index contributed by atoms with van der Waals surface area (Å²) in [7, 11) is 0. The number of aromatic hydroxyl groups is 2. The Kier molecular flexibility index (Phi) is 6.13. The van der Waals surface area contributed by atoms with Crippen LogP contribution in [0.25, 0.3) is 0 Å². The van der Waals surface area contributed by atoms with Crippen molar-refractivity contribution < 1.29 is 24.7 Å². The highest BCUT2D eigenvalue weighted by Gasteiger charge is 2.41. The summed E-state index contributed by atoms with van der Waals surface area (Å²) in [5.74, 6) is -3.16. The number of nitrogen functional groups attached to an aromatic ring is 1. The quantitative estimate of drug-likeness (QED) is 0.101. The lowest BCUT2D eigenvalue weighted by molar-refractivity contribution is -0.385. The molecule has 5 rings (SSSR count). The van der Waals surface area contributed by atoms with Gasteiger partial charge in [0.05, 0.1) is 32.9 Å². The molecule has 0 atom stereocenters. The highest BCUT2D eigenvalue weighted by Crippen LogP contribution is 2.44. The molecule has 1 heterocycles. The van der Waals surface area contributed by atoms with E-state index >= 15 is 0 Å². The molecule has 0 bridgehead atoms. The number of nitro benzene ring substituents is 1. The topological polar surface area (TPSA) is 217 Å². The van der Waals surface area contributed by atoms with Crippen LogP contribution in [-0.2, 0) is 0 Å². The van der Waals surface area contributed by atoms with Crippen molar-refractivity contribution in [3.8, 4) is 17.6 Å².